The number of carbonyl (C=O) groups is 3. The van der Waals surface area contributed by atoms with E-state index in [1.54, 1.807) is 36.4 Å². The van der Waals surface area contributed by atoms with Gasteiger partial charge in [0.15, 0.2) is 0 Å². The molecule has 0 aliphatic heterocycles. The molecule has 5 N–H and O–H groups in total. The summed E-state index contributed by atoms with van der Waals surface area (Å²) in [6, 6.07) is 24.4. The van der Waals surface area contributed by atoms with Crippen molar-refractivity contribution in [3.8, 4) is 16.9 Å². The lowest BCUT2D eigenvalue weighted by Gasteiger charge is -2.21. The van der Waals surface area contributed by atoms with Crippen LogP contribution in [0.15, 0.2) is 84.9 Å². The summed E-state index contributed by atoms with van der Waals surface area (Å²) in [6.07, 6.45) is 2.75. The van der Waals surface area contributed by atoms with Gasteiger partial charge in [0.25, 0.3) is 5.91 Å². The Hall–Kier alpha value is -4.93. The Kier molecular flexibility index (Phi) is 12.3. The summed E-state index contributed by atoms with van der Waals surface area (Å²) in [7, 11) is 0. The molecule has 10 heteroatoms. The van der Waals surface area contributed by atoms with E-state index in [4.69, 9.17) is 10.7 Å². The molecule has 0 saturated heterocycles. The van der Waals surface area contributed by atoms with E-state index < -0.39 is 12.0 Å². The minimum atomic E-state index is -0.965. The van der Waals surface area contributed by atoms with Gasteiger partial charge in [-0.1, -0.05) is 87.1 Å². The number of carboxylic acids is 1. The molecule has 0 bridgehead atoms. The minimum Gasteiger partial charge on any atom is -0.508 e. The number of hydrogen-bond donors (Lipinski definition) is 4. The molecule has 1 heterocycles. The Morgan fingerprint density at radius 1 is 0.961 bits per heavy atom. The number of nitrogens with zero attached hydrogens (tertiary/aromatic N) is 2. The summed E-state index contributed by atoms with van der Waals surface area (Å²) in [5.74, 6) is 0.617. The van der Waals surface area contributed by atoms with E-state index in [-0.39, 0.29) is 28.4 Å². The molecular weight excluding hydrogens is 661 g/mol. The van der Waals surface area contributed by atoms with E-state index in [9.17, 15) is 24.6 Å². The molecular formula is C41H46N4O5S. The van der Waals surface area contributed by atoms with Gasteiger partial charge < -0.3 is 25.8 Å². The van der Waals surface area contributed by atoms with Crippen molar-refractivity contribution in [2.75, 3.05) is 5.75 Å². The van der Waals surface area contributed by atoms with Crippen LogP contribution in [-0.2, 0) is 24.2 Å². The standard InChI is InChI=1S/C41H46N4O5S/c1-5-8-37-44-38-26(4)20-30(22-36(38)45(37)23-28-11-15-29(16-12-28)33-9-6-7-10-34(33)40(48)49)39(47)43-31(19-25(2)3)24-51-41(50)35(42)21-27-13-17-32(46)18-14-27/h6-7,9-18,20,22,25,31,35,46H,5,8,19,21,23-24,42H2,1-4H3,(H,43,47)(H,48,49)/t31-,35+/m1/s1. The van der Waals surface area contributed by atoms with Gasteiger partial charge in [-0.2, -0.15) is 0 Å². The van der Waals surface area contributed by atoms with Crippen molar-refractivity contribution < 1.29 is 24.6 Å². The Bertz CT molecular complexity index is 2000. The summed E-state index contributed by atoms with van der Waals surface area (Å²) < 4.78 is 2.17. The molecule has 0 aliphatic rings. The second-order valence-electron chi connectivity index (χ2n) is 13.5. The van der Waals surface area contributed by atoms with Crippen LogP contribution in [0.3, 0.4) is 0 Å². The van der Waals surface area contributed by atoms with Crippen molar-refractivity contribution in [3.63, 3.8) is 0 Å². The summed E-state index contributed by atoms with van der Waals surface area (Å²) >= 11 is 1.14. The number of nitrogens with two attached hydrogens (primary N) is 1. The second-order valence-corrected chi connectivity index (χ2v) is 14.5. The number of benzene rings is 4. The van der Waals surface area contributed by atoms with E-state index in [0.717, 1.165) is 63.7 Å². The van der Waals surface area contributed by atoms with Gasteiger partial charge in [0.2, 0.25) is 5.12 Å². The largest absolute Gasteiger partial charge is 0.508 e. The van der Waals surface area contributed by atoms with Crippen LogP contribution in [-0.4, -0.2) is 54.6 Å². The van der Waals surface area contributed by atoms with Crippen LogP contribution in [0.4, 0.5) is 0 Å². The average Bonchev–Trinajstić information content (AvgIpc) is 3.45. The van der Waals surface area contributed by atoms with Crippen molar-refractivity contribution in [3.05, 3.63) is 119 Å². The van der Waals surface area contributed by atoms with Crippen molar-refractivity contribution in [2.45, 2.75) is 72.0 Å². The number of amides is 1. The van der Waals surface area contributed by atoms with E-state index in [1.165, 1.54) is 0 Å². The molecule has 5 aromatic rings. The SMILES string of the molecule is CCCc1nc2c(C)cc(C(=O)N[C@@H](CSC(=O)[C@@H](N)Cc3ccc(O)cc3)CC(C)C)cc2n1Cc1ccc(-c2ccccc2C(=O)O)cc1. The first-order valence-electron chi connectivity index (χ1n) is 17.4. The molecule has 0 aliphatic carbocycles. The summed E-state index contributed by atoms with van der Waals surface area (Å²) in [5.41, 5.74) is 13.0. The fraction of sp³-hybridized carbons (Fsp3) is 0.317. The van der Waals surface area contributed by atoms with Crippen LogP contribution in [0.1, 0.15) is 76.8 Å². The molecule has 4 aromatic carbocycles. The van der Waals surface area contributed by atoms with Crippen molar-refractivity contribution >= 4 is 39.8 Å². The molecule has 266 valence electrons. The lowest BCUT2D eigenvalue weighted by atomic mass is 9.98. The highest BCUT2D eigenvalue weighted by Crippen LogP contribution is 2.27. The third-order valence-electron chi connectivity index (χ3n) is 8.84. The van der Waals surface area contributed by atoms with Crippen LogP contribution in [0.5, 0.6) is 5.75 Å². The summed E-state index contributed by atoms with van der Waals surface area (Å²) in [4.78, 5) is 43.6. The normalized spacial score (nSPS) is 12.6. The molecule has 0 spiro atoms. The zero-order chi connectivity index (χ0) is 36.7. The second kappa shape index (κ2) is 16.9. The Labute approximate surface area is 303 Å². The van der Waals surface area contributed by atoms with Gasteiger partial charge in [-0.15, -0.1) is 0 Å². The number of rotatable bonds is 15. The first kappa shape index (κ1) is 37.3. The molecule has 1 aromatic heterocycles. The summed E-state index contributed by atoms with van der Waals surface area (Å²) in [5, 5.41) is 22.2. The number of carbonyl (C=O) groups excluding carboxylic acids is 2. The maximum Gasteiger partial charge on any atom is 0.336 e. The summed E-state index contributed by atoms with van der Waals surface area (Å²) in [6.45, 7) is 8.79. The van der Waals surface area contributed by atoms with Crippen molar-refractivity contribution in [2.24, 2.45) is 11.7 Å². The monoisotopic (exact) mass is 706 g/mol. The molecule has 2 atom stereocenters. The van der Waals surface area contributed by atoms with Gasteiger partial charge in [0, 0.05) is 30.3 Å². The minimum absolute atomic E-state index is 0.144. The van der Waals surface area contributed by atoms with Gasteiger partial charge in [-0.25, -0.2) is 9.78 Å². The van der Waals surface area contributed by atoms with E-state index in [2.05, 4.69) is 30.7 Å². The van der Waals surface area contributed by atoms with Gasteiger partial charge in [0.1, 0.15) is 11.6 Å². The van der Waals surface area contributed by atoms with Gasteiger partial charge in [-0.3, -0.25) is 9.59 Å². The number of aromatic hydroxyl groups is 1. The lowest BCUT2D eigenvalue weighted by molar-refractivity contribution is -0.112. The lowest BCUT2D eigenvalue weighted by Crippen LogP contribution is -2.39. The predicted octanol–water partition coefficient (Wildman–Crippen LogP) is 7.39. The molecule has 0 fully saturated rings. The van der Waals surface area contributed by atoms with E-state index in [1.807, 2.05) is 55.5 Å². The van der Waals surface area contributed by atoms with Crippen molar-refractivity contribution in [1.29, 1.82) is 0 Å². The molecule has 9 nitrogen and oxygen atoms in total. The van der Waals surface area contributed by atoms with Crippen LogP contribution in [0, 0.1) is 12.8 Å². The number of aromatic nitrogens is 2. The first-order valence-corrected chi connectivity index (χ1v) is 18.3. The number of thioether (sulfide) groups is 1. The number of imidazole rings is 1. The van der Waals surface area contributed by atoms with Crippen molar-refractivity contribution in [1.82, 2.24) is 14.9 Å². The zero-order valence-electron chi connectivity index (χ0n) is 29.6. The van der Waals surface area contributed by atoms with Crippen LogP contribution in [0.2, 0.25) is 0 Å². The van der Waals surface area contributed by atoms with E-state index >= 15 is 0 Å². The molecule has 0 saturated carbocycles. The Morgan fingerprint density at radius 2 is 1.65 bits per heavy atom. The molecule has 1 amide bonds. The number of phenolic OH excluding ortho intramolecular Hbond substituents is 1. The number of phenols is 1. The topological polar surface area (TPSA) is 148 Å². The first-order chi connectivity index (χ1) is 24.4. The smallest absolute Gasteiger partial charge is 0.336 e. The van der Waals surface area contributed by atoms with E-state index in [0.29, 0.717) is 42.2 Å². The zero-order valence-corrected chi connectivity index (χ0v) is 30.4. The number of aromatic carboxylic acids is 1. The fourth-order valence-corrected chi connectivity index (χ4v) is 7.20. The molecule has 51 heavy (non-hydrogen) atoms. The maximum absolute atomic E-state index is 13.8. The highest BCUT2D eigenvalue weighted by atomic mass is 32.2. The average molecular weight is 707 g/mol. The quantitative estimate of drug-likeness (QED) is 0.0881. The highest BCUT2D eigenvalue weighted by molar-refractivity contribution is 8.13. The molecule has 0 radical (unpaired) electrons. The molecule has 0 unspecified atom stereocenters. The van der Waals surface area contributed by atoms with Gasteiger partial charge in [-0.05, 0) is 90.3 Å². The van der Waals surface area contributed by atoms with Crippen LogP contribution < -0.4 is 11.1 Å². The van der Waals surface area contributed by atoms with Crippen LogP contribution in [0.25, 0.3) is 22.2 Å². The Balaban J connectivity index is 1.34. The number of nitrogens with one attached hydrogen (secondary N) is 1. The molecule has 5 rings (SSSR count). The fourth-order valence-electron chi connectivity index (χ4n) is 6.32. The predicted molar refractivity (Wildman–Crippen MR) is 204 cm³/mol. The van der Waals surface area contributed by atoms with Gasteiger partial charge >= 0.3 is 5.97 Å². The Morgan fingerprint density at radius 3 is 2.31 bits per heavy atom. The number of hydrogen-bond acceptors (Lipinski definition) is 7. The van der Waals surface area contributed by atoms with Gasteiger partial charge in [0.05, 0.1) is 22.6 Å². The third kappa shape index (κ3) is 9.45. The highest BCUT2D eigenvalue weighted by Gasteiger charge is 2.22. The third-order valence-corrected chi connectivity index (χ3v) is 9.99. The van der Waals surface area contributed by atoms with Crippen LogP contribution >= 0.6 is 11.8 Å². The number of fused-ring (bicyclic) bond motifs is 1. The number of carboxylic acid groups (broad SMARTS) is 1. The maximum atomic E-state index is 13.8. The number of aryl methyl sites for hydroxylation is 2.